The summed E-state index contributed by atoms with van der Waals surface area (Å²) in [4.78, 5) is 11.3. The molecule has 0 bridgehead atoms. The molecule has 0 amide bonds. The standard InChI is InChI=1S/C16H22N4/c1-20-10-7-13(8-11-20)6-9-17-16-18-12-14-4-2-3-5-15(14)19-16/h2-5,12-13H,6-11H2,1H3,(H,17,18,19). The number of piperidine rings is 1. The van der Waals surface area contributed by atoms with E-state index >= 15 is 0 Å². The molecule has 2 aromatic rings. The van der Waals surface area contributed by atoms with E-state index in [1.807, 2.05) is 30.5 Å². The van der Waals surface area contributed by atoms with E-state index in [1.165, 1.54) is 32.4 Å². The Balaban J connectivity index is 1.52. The molecule has 0 unspecified atom stereocenters. The molecule has 0 atom stereocenters. The minimum atomic E-state index is 0.747. The second-order valence-corrected chi connectivity index (χ2v) is 5.71. The highest BCUT2D eigenvalue weighted by molar-refractivity contribution is 5.78. The van der Waals surface area contributed by atoms with Crippen LogP contribution in [0.25, 0.3) is 10.9 Å². The number of hydrogen-bond acceptors (Lipinski definition) is 4. The summed E-state index contributed by atoms with van der Waals surface area (Å²) in [6.45, 7) is 3.43. The van der Waals surface area contributed by atoms with Crippen LogP contribution in [0.1, 0.15) is 19.3 Å². The van der Waals surface area contributed by atoms with Crippen LogP contribution in [0.5, 0.6) is 0 Å². The molecule has 3 rings (SSSR count). The minimum absolute atomic E-state index is 0.747. The molecule has 0 saturated carbocycles. The first-order valence-corrected chi connectivity index (χ1v) is 7.45. The second kappa shape index (κ2) is 6.18. The van der Waals surface area contributed by atoms with Crippen LogP contribution in [0.3, 0.4) is 0 Å². The van der Waals surface area contributed by atoms with Gasteiger partial charge in [-0.25, -0.2) is 9.97 Å². The SMILES string of the molecule is CN1CCC(CCNc2ncc3ccccc3n2)CC1. The van der Waals surface area contributed by atoms with Gasteiger partial charge in [0.05, 0.1) is 5.52 Å². The van der Waals surface area contributed by atoms with Crippen molar-refractivity contribution in [2.45, 2.75) is 19.3 Å². The average molecular weight is 270 g/mol. The molecular formula is C16H22N4. The monoisotopic (exact) mass is 270 g/mol. The Bertz CT molecular complexity index is 561. The fourth-order valence-corrected chi connectivity index (χ4v) is 2.80. The molecule has 1 aromatic heterocycles. The Morgan fingerprint density at radius 3 is 2.90 bits per heavy atom. The van der Waals surface area contributed by atoms with E-state index in [0.717, 1.165) is 29.3 Å². The van der Waals surface area contributed by atoms with Crippen molar-refractivity contribution in [3.05, 3.63) is 30.5 Å². The quantitative estimate of drug-likeness (QED) is 0.927. The van der Waals surface area contributed by atoms with E-state index in [2.05, 4.69) is 27.2 Å². The molecule has 1 fully saturated rings. The lowest BCUT2D eigenvalue weighted by atomic mass is 9.94. The Labute approximate surface area is 120 Å². The summed E-state index contributed by atoms with van der Waals surface area (Å²) in [5, 5.41) is 4.45. The van der Waals surface area contributed by atoms with Crippen LogP contribution in [-0.2, 0) is 0 Å². The van der Waals surface area contributed by atoms with Crippen molar-refractivity contribution in [1.82, 2.24) is 14.9 Å². The molecule has 0 aliphatic carbocycles. The number of para-hydroxylation sites is 1. The lowest BCUT2D eigenvalue weighted by Crippen LogP contribution is -2.30. The maximum Gasteiger partial charge on any atom is 0.223 e. The van der Waals surface area contributed by atoms with Crippen molar-refractivity contribution in [2.24, 2.45) is 5.92 Å². The number of nitrogens with zero attached hydrogens (tertiary/aromatic N) is 3. The van der Waals surface area contributed by atoms with Gasteiger partial charge in [-0.3, -0.25) is 0 Å². The molecule has 0 radical (unpaired) electrons. The fourth-order valence-electron chi connectivity index (χ4n) is 2.80. The number of rotatable bonds is 4. The number of nitrogens with one attached hydrogen (secondary N) is 1. The first-order valence-electron chi connectivity index (χ1n) is 7.45. The van der Waals surface area contributed by atoms with Crippen molar-refractivity contribution in [1.29, 1.82) is 0 Å². The third-order valence-electron chi connectivity index (χ3n) is 4.16. The van der Waals surface area contributed by atoms with Gasteiger partial charge in [0.1, 0.15) is 0 Å². The van der Waals surface area contributed by atoms with Gasteiger partial charge in [0, 0.05) is 18.1 Å². The Morgan fingerprint density at radius 1 is 1.25 bits per heavy atom. The van der Waals surface area contributed by atoms with Gasteiger partial charge < -0.3 is 10.2 Å². The van der Waals surface area contributed by atoms with Gasteiger partial charge >= 0.3 is 0 Å². The maximum atomic E-state index is 4.54. The van der Waals surface area contributed by atoms with Crippen molar-refractivity contribution in [3.8, 4) is 0 Å². The fraction of sp³-hybridized carbons (Fsp3) is 0.500. The molecular weight excluding hydrogens is 248 g/mol. The van der Waals surface area contributed by atoms with Gasteiger partial charge in [-0.1, -0.05) is 18.2 Å². The lowest BCUT2D eigenvalue weighted by Gasteiger charge is -2.28. The molecule has 4 heteroatoms. The number of likely N-dealkylation sites (tertiary alicyclic amines) is 1. The predicted octanol–water partition coefficient (Wildman–Crippen LogP) is 2.77. The molecule has 2 heterocycles. The largest absolute Gasteiger partial charge is 0.354 e. The summed E-state index contributed by atoms with van der Waals surface area (Å²) in [5.74, 6) is 1.59. The van der Waals surface area contributed by atoms with E-state index in [9.17, 15) is 0 Å². The second-order valence-electron chi connectivity index (χ2n) is 5.71. The van der Waals surface area contributed by atoms with Crippen LogP contribution in [0, 0.1) is 5.92 Å². The zero-order chi connectivity index (χ0) is 13.8. The highest BCUT2D eigenvalue weighted by Crippen LogP contribution is 2.19. The summed E-state index contributed by atoms with van der Waals surface area (Å²) in [7, 11) is 2.21. The molecule has 106 valence electrons. The van der Waals surface area contributed by atoms with Crippen molar-refractivity contribution in [3.63, 3.8) is 0 Å². The maximum absolute atomic E-state index is 4.54. The van der Waals surface area contributed by atoms with Gasteiger partial charge in [0.25, 0.3) is 0 Å². The van der Waals surface area contributed by atoms with E-state index in [0.29, 0.717) is 0 Å². The smallest absolute Gasteiger partial charge is 0.223 e. The summed E-state index contributed by atoms with van der Waals surface area (Å²) in [5.41, 5.74) is 1.00. The Morgan fingerprint density at radius 2 is 2.05 bits per heavy atom. The Hall–Kier alpha value is -1.68. The van der Waals surface area contributed by atoms with Crippen LogP contribution in [-0.4, -0.2) is 41.5 Å². The lowest BCUT2D eigenvalue weighted by molar-refractivity contribution is 0.215. The average Bonchev–Trinajstić information content (AvgIpc) is 2.49. The van der Waals surface area contributed by atoms with Crippen LogP contribution >= 0.6 is 0 Å². The summed E-state index contributed by atoms with van der Waals surface area (Å²) >= 11 is 0. The van der Waals surface area contributed by atoms with Crippen molar-refractivity contribution < 1.29 is 0 Å². The molecule has 20 heavy (non-hydrogen) atoms. The highest BCUT2D eigenvalue weighted by atomic mass is 15.1. The highest BCUT2D eigenvalue weighted by Gasteiger charge is 2.16. The predicted molar refractivity (Wildman–Crippen MR) is 82.9 cm³/mol. The number of benzene rings is 1. The molecule has 4 nitrogen and oxygen atoms in total. The van der Waals surface area contributed by atoms with Crippen LogP contribution in [0.2, 0.25) is 0 Å². The van der Waals surface area contributed by atoms with Crippen LogP contribution in [0.4, 0.5) is 5.95 Å². The van der Waals surface area contributed by atoms with E-state index in [1.54, 1.807) is 0 Å². The first kappa shape index (κ1) is 13.3. The zero-order valence-electron chi connectivity index (χ0n) is 12.0. The molecule has 1 saturated heterocycles. The number of anilines is 1. The molecule has 1 aliphatic heterocycles. The third-order valence-corrected chi connectivity index (χ3v) is 4.16. The van der Waals surface area contributed by atoms with E-state index < -0.39 is 0 Å². The van der Waals surface area contributed by atoms with Crippen molar-refractivity contribution >= 4 is 16.9 Å². The normalized spacial score (nSPS) is 17.4. The van der Waals surface area contributed by atoms with E-state index in [4.69, 9.17) is 0 Å². The summed E-state index contributed by atoms with van der Waals surface area (Å²) < 4.78 is 0. The Kier molecular flexibility index (Phi) is 4.11. The molecule has 1 aliphatic rings. The number of fused-ring (bicyclic) bond motifs is 1. The van der Waals surface area contributed by atoms with Crippen molar-refractivity contribution in [2.75, 3.05) is 32.0 Å². The first-order chi connectivity index (χ1) is 9.81. The minimum Gasteiger partial charge on any atom is -0.354 e. The summed E-state index contributed by atoms with van der Waals surface area (Å²) in [6.07, 6.45) is 5.73. The van der Waals surface area contributed by atoms with Gasteiger partial charge in [0.2, 0.25) is 5.95 Å². The molecule has 1 aromatic carbocycles. The zero-order valence-corrected chi connectivity index (χ0v) is 12.0. The molecule has 1 N–H and O–H groups in total. The third kappa shape index (κ3) is 3.25. The molecule has 0 spiro atoms. The van der Waals surface area contributed by atoms with E-state index in [-0.39, 0.29) is 0 Å². The number of aromatic nitrogens is 2. The van der Waals surface area contributed by atoms with Gasteiger partial charge in [-0.2, -0.15) is 0 Å². The summed E-state index contributed by atoms with van der Waals surface area (Å²) in [6, 6.07) is 8.09. The van der Waals surface area contributed by atoms with Crippen LogP contribution < -0.4 is 5.32 Å². The van der Waals surface area contributed by atoms with Gasteiger partial charge in [-0.05, 0) is 51.4 Å². The van der Waals surface area contributed by atoms with Gasteiger partial charge in [-0.15, -0.1) is 0 Å². The number of hydrogen-bond donors (Lipinski definition) is 1. The topological polar surface area (TPSA) is 41.0 Å². The van der Waals surface area contributed by atoms with Crippen LogP contribution in [0.15, 0.2) is 30.5 Å². The van der Waals surface area contributed by atoms with Gasteiger partial charge in [0.15, 0.2) is 0 Å².